The minimum atomic E-state index is -1.11. The summed E-state index contributed by atoms with van der Waals surface area (Å²) in [6, 6.07) is 4.01. The molecule has 0 aromatic heterocycles. The van der Waals surface area contributed by atoms with Crippen LogP contribution in [0.1, 0.15) is 25.8 Å². The van der Waals surface area contributed by atoms with Crippen LogP contribution in [0.25, 0.3) is 6.08 Å². The molecule has 0 radical (unpaired) electrons. The number of carboxylic acids is 1. The van der Waals surface area contributed by atoms with Crippen LogP contribution in [0.2, 0.25) is 0 Å². The fraction of sp³-hybridized carbons (Fsp3) is 0.333. The number of carbonyl (C=O) groups excluding carboxylic acids is 1. The van der Waals surface area contributed by atoms with Crippen molar-refractivity contribution in [2.24, 2.45) is 0 Å². The molecule has 114 valence electrons. The van der Waals surface area contributed by atoms with Crippen LogP contribution in [-0.4, -0.2) is 29.6 Å². The summed E-state index contributed by atoms with van der Waals surface area (Å²) >= 11 is 0. The molecule has 1 rings (SSSR count). The third-order valence-corrected chi connectivity index (χ3v) is 2.60. The van der Waals surface area contributed by atoms with Crippen molar-refractivity contribution in [3.63, 3.8) is 0 Å². The zero-order valence-electron chi connectivity index (χ0n) is 11.9. The van der Waals surface area contributed by atoms with Gasteiger partial charge in [-0.15, -0.1) is 0 Å². The first-order valence-electron chi connectivity index (χ1n) is 6.59. The van der Waals surface area contributed by atoms with Gasteiger partial charge in [-0.2, -0.15) is 0 Å². The van der Waals surface area contributed by atoms with E-state index < -0.39 is 17.9 Å². The smallest absolute Gasteiger partial charge is 0.328 e. The maximum atomic E-state index is 13.8. The van der Waals surface area contributed by atoms with Crippen LogP contribution in [0.5, 0.6) is 5.75 Å². The van der Waals surface area contributed by atoms with Gasteiger partial charge in [-0.1, -0.05) is 13.0 Å². The number of halogens is 1. The molecule has 0 aliphatic heterocycles. The van der Waals surface area contributed by atoms with Crippen molar-refractivity contribution in [2.45, 2.75) is 26.4 Å². The minimum Gasteiger partial charge on any atom is -0.478 e. The summed E-state index contributed by atoms with van der Waals surface area (Å²) in [4.78, 5) is 22.0. The Balaban J connectivity index is 2.72. The van der Waals surface area contributed by atoms with Gasteiger partial charge in [0.05, 0.1) is 0 Å². The SMILES string of the molecule is CCCNC(=O)C(C)Oc1ccc(/C=C/C(=O)O)cc1F. The van der Waals surface area contributed by atoms with E-state index in [9.17, 15) is 14.0 Å². The van der Waals surface area contributed by atoms with Crippen LogP contribution in [-0.2, 0) is 9.59 Å². The first-order valence-corrected chi connectivity index (χ1v) is 6.59. The molecule has 0 aliphatic carbocycles. The first kappa shape index (κ1) is 16.7. The van der Waals surface area contributed by atoms with Crippen molar-refractivity contribution in [3.05, 3.63) is 35.7 Å². The zero-order chi connectivity index (χ0) is 15.8. The second-order valence-electron chi connectivity index (χ2n) is 4.41. The zero-order valence-corrected chi connectivity index (χ0v) is 11.9. The van der Waals surface area contributed by atoms with Crippen LogP contribution < -0.4 is 10.1 Å². The number of aliphatic carboxylic acids is 1. The van der Waals surface area contributed by atoms with Crippen LogP contribution in [0, 0.1) is 5.82 Å². The Kier molecular flexibility index (Phi) is 6.39. The molecule has 1 aromatic carbocycles. The molecule has 21 heavy (non-hydrogen) atoms. The van der Waals surface area contributed by atoms with Gasteiger partial charge >= 0.3 is 5.97 Å². The van der Waals surface area contributed by atoms with Crippen molar-refractivity contribution >= 4 is 18.0 Å². The van der Waals surface area contributed by atoms with Crippen LogP contribution in [0.3, 0.4) is 0 Å². The quantitative estimate of drug-likeness (QED) is 0.756. The number of hydrogen-bond donors (Lipinski definition) is 2. The molecular formula is C15H18FNO4. The molecule has 2 N–H and O–H groups in total. The average Bonchev–Trinajstić information content (AvgIpc) is 2.44. The summed E-state index contributed by atoms with van der Waals surface area (Å²) in [6.07, 6.45) is 2.17. The van der Waals surface area contributed by atoms with E-state index in [0.717, 1.165) is 18.6 Å². The standard InChI is InChI=1S/C15H18FNO4/c1-3-8-17-15(20)10(2)21-13-6-4-11(9-12(13)16)5-7-14(18)19/h4-7,9-10H,3,8H2,1-2H3,(H,17,20)(H,18,19)/b7-5+. The molecule has 1 amide bonds. The summed E-state index contributed by atoms with van der Waals surface area (Å²) in [7, 11) is 0. The topological polar surface area (TPSA) is 75.6 Å². The monoisotopic (exact) mass is 295 g/mol. The fourth-order valence-electron chi connectivity index (χ4n) is 1.52. The molecule has 1 unspecified atom stereocenters. The van der Waals surface area contributed by atoms with Gasteiger partial charge in [0.1, 0.15) is 0 Å². The summed E-state index contributed by atoms with van der Waals surface area (Å²) in [5, 5.41) is 11.2. The van der Waals surface area contributed by atoms with Crippen molar-refractivity contribution in [1.29, 1.82) is 0 Å². The molecule has 0 bridgehead atoms. The van der Waals surface area contributed by atoms with Crippen LogP contribution in [0.4, 0.5) is 4.39 Å². The molecule has 0 fully saturated rings. The summed E-state index contributed by atoms with van der Waals surface area (Å²) in [5.74, 6) is -2.14. The number of amides is 1. The first-order chi connectivity index (χ1) is 9.93. The van der Waals surface area contributed by atoms with Gasteiger partial charge in [-0.05, 0) is 37.1 Å². The molecule has 0 saturated heterocycles. The van der Waals surface area contributed by atoms with Gasteiger partial charge in [-0.3, -0.25) is 4.79 Å². The van der Waals surface area contributed by atoms with E-state index in [0.29, 0.717) is 12.1 Å². The van der Waals surface area contributed by atoms with Gasteiger partial charge in [-0.25, -0.2) is 9.18 Å². The molecule has 0 spiro atoms. The fourth-order valence-corrected chi connectivity index (χ4v) is 1.52. The van der Waals surface area contributed by atoms with E-state index in [2.05, 4.69) is 5.32 Å². The Bertz CT molecular complexity index is 542. The molecule has 0 heterocycles. The number of rotatable bonds is 7. The Morgan fingerprint density at radius 2 is 2.19 bits per heavy atom. The lowest BCUT2D eigenvalue weighted by Crippen LogP contribution is -2.36. The highest BCUT2D eigenvalue weighted by Gasteiger charge is 2.15. The highest BCUT2D eigenvalue weighted by molar-refractivity contribution is 5.85. The van der Waals surface area contributed by atoms with Gasteiger partial charge in [0, 0.05) is 12.6 Å². The number of ether oxygens (including phenoxy) is 1. The predicted molar refractivity (Wildman–Crippen MR) is 76.5 cm³/mol. The van der Waals surface area contributed by atoms with Gasteiger partial charge in [0.15, 0.2) is 17.7 Å². The van der Waals surface area contributed by atoms with E-state index in [1.54, 1.807) is 0 Å². The predicted octanol–water partition coefficient (Wildman–Crippen LogP) is 2.22. The second-order valence-corrected chi connectivity index (χ2v) is 4.41. The van der Waals surface area contributed by atoms with Gasteiger partial charge < -0.3 is 15.2 Å². The lowest BCUT2D eigenvalue weighted by Gasteiger charge is -2.15. The van der Waals surface area contributed by atoms with E-state index in [1.165, 1.54) is 25.1 Å². The van der Waals surface area contributed by atoms with Crippen LogP contribution in [0.15, 0.2) is 24.3 Å². The summed E-state index contributed by atoms with van der Waals surface area (Å²) < 4.78 is 19.1. The van der Waals surface area contributed by atoms with E-state index in [4.69, 9.17) is 9.84 Å². The normalized spacial score (nSPS) is 12.1. The molecule has 1 aromatic rings. The molecule has 5 nitrogen and oxygen atoms in total. The third-order valence-electron chi connectivity index (χ3n) is 2.60. The van der Waals surface area contributed by atoms with Crippen molar-refractivity contribution in [1.82, 2.24) is 5.32 Å². The Hall–Kier alpha value is -2.37. The Morgan fingerprint density at radius 3 is 2.76 bits per heavy atom. The molecular weight excluding hydrogens is 277 g/mol. The number of hydrogen-bond acceptors (Lipinski definition) is 3. The lowest BCUT2D eigenvalue weighted by molar-refractivity contribution is -0.131. The van der Waals surface area contributed by atoms with Crippen molar-refractivity contribution in [2.75, 3.05) is 6.54 Å². The maximum Gasteiger partial charge on any atom is 0.328 e. The van der Waals surface area contributed by atoms with E-state index in [1.807, 2.05) is 6.92 Å². The highest BCUT2D eigenvalue weighted by atomic mass is 19.1. The van der Waals surface area contributed by atoms with Crippen LogP contribution >= 0.6 is 0 Å². The molecule has 1 atom stereocenters. The van der Waals surface area contributed by atoms with Gasteiger partial charge in [0.2, 0.25) is 0 Å². The van der Waals surface area contributed by atoms with Crippen molar-refractivity contribution < 1.29 is 23.8 Å². The minimum absolute atomic E-state index is 0.0541. The maximum absolute atomic E-state index is 13.8. The average molecular weight is 295 g/mol. The van der Waals surface area contributed by atoms with Crippen molar-refractivity contribution in [3.8, 4) is 5.75 Å². The number of nitrogens with one attached hydrogen (secondary N) is 1. The largest absolute Gasteiger partial charge is 0.478 e. The number of carbonyl (C=O) groups is 2. The number of carboxylic acid groups (broad SMARTS) is 1. The van der Waals surface area contributed by atoms with Gasteiger partial charge in [0.25, 0.3) is 5.91 Å². The van der Waals surface area contributed by atoms with E-state index in [-0.39, 0.29) is 11.7 Å². The summed E-state index contributed by atoms with van der Waals surface area (Å²) in [6.45, 7) is 3.99. The Labute approximate surface area is 122 Å². The molecule has 0 saturated carbocycles. The number of benzene rings is 1. The molecule has 0 aliphatic rings. The highest BCUT2D eigenvalue weighted by Crippen LogP contribution is 2.20. The lowest BCUT2D eigenvalue weighted by atomic mass is 10.2. The van der Waals surface area contributed by atoms with E-state index >= 15 is 0 Å². The second kappa shape index (κ2) is 8.04. The third kappa shape index (κ3) is 5.64. The Morgan fingerprint density at radius 1 is 1.48 bits per heavy atom. The molecule has 6 heteroatoms. The summed E-state index contributed by atoms with van der Waals surface area (Å²) in [5.41, 5.74) is 0.394.